The van der Waals surface area contributed by atoms with E-state index in [0.717, 1.165) is 29.6 Å². The molecule has 6 nitrogen and oxygen atoms in total. The maximum absolute atomic E-state index is 14.7. The molecule has 3 rings (SSSR count). The molecule has 0 unspecified atom stereocenters. The molecule has 1 amide bonds. The summed E-state index contributed by atoms with van der Waals surface area (Å²) in [6.45, 7) is 0. The number of carboxylic acids is 1. The molecule has 0 saturated carbocycles. The van der Waals surface area contributed by atoms with Crippen LogP contribution in [0.15, 0.2) is 29.6 Å². The van der Waals surface area contributed by atoms with Crippen molar-refractivity contribution in [3.8, 4) is 16.9 Å². The van der Waals surface area contributed by atoms with E-state index in [1.807, 2.05) is 0 Å². The number of hydrogen-bond acceptors (Lipinski definition) is 5. The maximum atomic E-state index is 14.7. The van der Waals surface area contributed by atoms with Crippen LogP contribution in [0.4, 0.5) is 23.2 Å². The average Bonchev–Trinajstić information content (AvgIpc) is 3.19. The smallest absolute Gasteiger partial charge is 0.339 e. The second kappa shape index (κ2) is 7.87. The van der Waals surface area contributed by atoms with Crippen LogP contribution in [0.2, 0.25) is 0 Å². The van der Waals surface area contributed by atoms with Crippen LogP contribution in [0.3, 0.4) is 0 Å². The summed E-state index contributed by atoms with van der Waals surface area (Å²) < 4.78 is 87.7. The molecule has 29 heavy (non-hydrogen) atoms. The van der Waals surface area contributed by atoms with Gasteiger partial charge < -0.3 is 15.2 Å². The van der Waals surface area contributed by atoms with E-state index < -0.39 is 70.3 Å². The summed E-state index contributed by atoms with van der Waals surface area (Å²) in [6, 6.07) is 4.22. The Morgan fingerprint density at radius 1 is 1.17 bits per heavy atom. The van der Waals surface area contributed by atoms with Crippen molar-refractivity contribution in [3.05, 3.63) is 64.2 Å². The number of carbonyl (C=O) groups excluding carboxylic acids is 1. The van der Waals surface area contributed by atoms with Crippen LogP contribution >= 0.6 is 11.5 Å². The Hall–Kier alpha value is -3.47. The standard InChI is InChI=1S/C18H10F4N2O4S/c1-28-8-4-2-3-7(5-8)10-11(19)13(21)16(14(22)12(10)20)23-17(25)15-9(18(26)27)6-29-24-15/h2-6H,1H3,(H,23,25)(H,26,27)/i1D3. The number of aromatic carboxylic acids is 1. The zero-order valence-corrected chi connectivity index (χ0v) is 14.7. The largest absolute Gasteiger partial charge is 0.497 e. The summed E-state index contributed by atoms with van der Waals surface area (Å²) >= 11 is 0.574. The summed E-state index contributed by atoms with van der Waals surface area (Å²) in [5, 5.41) is 11.6. The lowest BCUT2D eigenvalue weighted by atomic mass is 10.0. The Morgan fingerprint density at radius 3 is 2.48 bits per heavy atom. The van der Waals surface area contributed by atoms with Crippen LogP contribution in [0, 0.1) is 23.3 Å². The number of nitrogens with one attached hydrogen (secondary N) is 1. The van der Waals surface area contributed by atoms with Crippen molar-refractivity contribution in [1.82, 2.24) is 4.37 Å². The molecule has 150 valence electrons. The van der Waals surface area contributed by atoms with Gasteiger partial charge in [0.1, 0.15) is 17.0 Å². The average molecular weight is 429 g/mol. The summed E-state index contributed by atoms with van der Waals surface area (Å²) in [5.41, 5.74) is -4.38. The molecule has 2 aromatic carbocycles. The molecule has 2 N–H and O–H groups in total. The Morgan fingerprint density at radius 2 is 1.86 bits per heavy atom. The number of carboxylic acid groups (broad SMARTS) is 1. The molecule has 0 radical (unpaired) electrons. The van der Waals surface area contributed by atoms with Gasteiger partial charge in [-0.3, -0.25) is 4.79 Å². The van der Waals surface area contributed by atoms with E-state index in [0.29, 0.717) is 11.5 Å². The van der Waals surface area contributed by atoms with Crippen LogP contribution in [0.25, 0.3) is 11.1 Å². The van der Waals surface area contributed by atoms with Gasteiger partial charge in [-0.05, 0) is 29.2 Å². The predicted octanol–water partition coefficient (Wildman–Crippen LogP) is 4.33. The van der Waals surface area contributed by atoms with Gasteiger partial charge in [-0.25, -0.2) is 22.4 Å². The first kappa shape index (κ1) is 16.5. The normalized spacial score (nSPS) is 12.6. The Kier molecular flexibility index (Phi) is 4.48. The van der Waals surface area contributed by atoms with Crippen molar-refractivity contribution >= 4 is 29.1 Å². The summed E-state index contributed by atoms with van der Waals surface area (Å²) in [7, 11) is -2.88. The van der Waals surface area contributed by atoms with E-state index in [-0.39, 0.29) is 5.75 Å². The summed E-state index contributed by atoms with van der Waals surface area (Å²) in [4.78, 5) is 23.3. The van der Waals surface area contributed by atoms with Gasteiger partial charge in [0, 0.05) is 5.38 Å². The van der Waals surface area contributed by atoms with Gasteiger partial charge in [0.15, 0.2) is 29.0 Å². The Balaban J connectivity index is 2.04. The van der Waals surface area contributed by atoms with E-state index in [2.05, 4.69) is 9.11 Å². The van der Waals surface area contributed by atoms with Gasteiger partial charge >= 0.3 is 5.97 Å². The van der Waals surface area contributed by atoms with E-state index in [1.165, 1.54) is 0 Å². The van der Waals surface area contributed by atoms with Gasteiger partial charge in [0.25, 0.3) is 5.91 Å². The molecule has 0 aliphatic carbocycles. The highest BCUT2D eigenvalue weighted by atomic mass is 32.1. The van der Waals surface area contributed by atoms with E-state index >= 15 is 0 Å². The van der Waals surface area contributed by atoms with Crippen molar-refractivity contribution in [2.24, 2.45) is 0 Å². The van der Waals surface area contributed by atoms with E-state index in [1.54, 1.807) is 5.32 Å². The number of rotatable bonds is 5. The number of hydrogen-bond donors (Lipinski definition) is 2. The first-order chi connectivity index (χ1) is 14.9. The predicted molar refractivity (Wildman–Crippen MR) is 95.3 cm³/mol. The van der Waals surface area contributed by atoms with Crippen molar-refractivity contribution in [2.75, 3.05) is 12.4 Å². The summed E-state index contributed by atoms with van der Waals surface area (Å²) in [6.07, 6.45) is 0. The van der Waals surface area contributed by atoms with Crippen LogP contribution in [0.1, 0.15) is 25.0 Å². The number of methoxy groups -OCH3 is 1. The lowest BCUT2D eigenvalue weighted by Crippen LogP contribution is -2.19. The first-order valence-electron chi connectivity index (χ1n) is 9.05. The van der Waals surface area contributed by atoms with Crippen molar-refractivity contribution in [1.29, 1.82) is 0 Å². The summed E-state index contributed by atoms with van der Waals surface area (Å²) in [5.74, 6) is -11.0. The zero-order chi connectivity index (χ0) is 23.8. The van der Waals surface area contributed by atoms with Crippen LogP contribution in [0.5, 0.6) is 5.75 Å². The molecule has 0 aliphatic heterocycles. The van der Waals surface area contributed by atoms with Gasteiger partial charge in [0.05, 0.1) is 16.7 Å². The van der Waals surface area contributed by atoms with Gasteiger partial charge in [-0.2, -0.15) is 4.37 Å². The van der Waals surface area contributed by atoms with Gasteiger partial charge in [0.2, 0.25) is 0 Å². The molecule has 0 atom stereocenters. The topological polar surface area (TPSA) is 88.5 Å². The number of halogens is 4. The highest BCUT2D eigenvalue weighted by molar-refractivity contribution is 7.04. The third-order valence-electron chi connectivity index (χ3n) is 3.76. The number of benzene rings is 2. The molecule has 1 aromatic heterocycles. The molecule has 3 aromatic rings. The lowest BCUT2D eigenvalue weighted by Gasteiger charge is -2.13. The monoisotopic (exact) mass is 429 g/mol. The highest BCUT2D eigenvalue weighted by Gasteiger charge is 2.29. The second-order valence-electron chi connectivity index (χ2n) is 5.47. The SMILES string of the molecule is [2H]C([2H])([2H])Oc1cccc(-c2c(F)c(F)c(NC(=O)c3nscc3C(=O)O)c(F)c2F)c1. The van der Waals surface area contributed by atoms with E-state index in [4.69, 9.17) is 9.22 Å². The van der Waals surface area contributed by atoms with Crippen LogP contribution in [-0.2, 0) is 0 Å². The fourth-order valence-corrected chi connectivity index (χ4v) is 3.09. The van der Waals surface area contributed by atoms with Crippen LogP contribution < -0.4 is 10.1 Å². The quantitative estimate of drug-likeness (QED) is 0.466. The molecule has 11 heteroatoms. The van der Waals surface area contributed by atoms with Crippen molar-refractivity contribution in [2.45, 2.75) is 0 Å². The number of ether oxygens (including phenoxy) is 1. The molecule has 0 bridgehead atoms. The number of nitrogens with zero attached hydrogens (tertiary/aromatic N) is 1. The number of anilines is 1. The molecule has 0 saturated heterocycles. The molecule has 0 aliphatic rings. The second-order valence-corrected chi connectivity index (χ2v) is 6.10. The minimum absolute atomic E-state index is 0.343. The third-order valence-corrected chi connectivity index (χ3v) is 4.39. The van der Waals surface area contributed by atoms with Crippen molar-refractivity contribution in [3.63, 3.8) is 0 Å². The van der Waals surface area contributed by atoms with Gasteiger partial charge in [-0.1, -0.05) is 12.1 Å². The Bertz CT molecular complexity index is 1200. The lowest BCUT2D eigenvalue weighted by molar-refractivity contribution is 0.0692. The molecule has 0 spiro atoms. The molecule has 1 heterocycles. The van der Waals surface area contributed by atoms with Gasteiger partial charge in [-0.15, -0.1) is 0 Å². The molecular weight excluding hydrogens is 416 g/mol. The number of aromatic nitrogens is 1. The highest BCUT2D eigenvalue weighted by Crippen LogP contribution is 2.36. The molecular formula is C18H10F4N2O4S. The number of carbonyl (C=O) groups is 2. The third kappa shape index (κ3) is 3.63. The minimum atomic E-state index is -2.88. The fourth-order valence-electron chi connectivity index (χ4n) is 2.43. The van der Waals surface area contributed by atoms with E-state index in [9.17, 15) is 27.2 Å². The molecule has 0 fully saturated rings. The first-order valence-corrected chi connectivity index (χ1v) is 8.38. The zero-order valence-electron chi connectivity index (χ0n) is 16.9. The minimum Gasteiger partial charge on any atom is -0.497 e. The Labute approximate surface area is 168 Å². The maximum Gasteiger partial charge on any atom is 0.339 e. The fraction of sp³-hybridized carbons (Fsp3) is 0.0556. The van der Waals surface area contributed by atoms with Crippen molar-refractivity contribution < 1.29 is 41.1 Å². The number of amides is 1. The van der Waals surface area contributed by atoms with Crippen LogP contribution in [-0.4, -0.2) is 28.4 Å².